The van der Waals surface area contributed by atoms with E-state index in [1.54, 1.807) is 6.08 Å². The molecule has 0 N–H and O–H groups in total. The van der Waals surface area contributed by atoms with Gasteiger partial charge in [-0.15, -0.1) is 6.58 Å². The van der Waals surface area contributed by atoms with Crippen LogP contribution >= 0.6 is 0 Å². The third-order valence-electron chi connectivity index (χ3n) is 1.55. The normalized spacial score (nSPS) is 13.3. The maximum Gasteiger partial charge on any atom is 0.107 e. The fourth-order valence-corrected chi connectivity index (χ4v) is 0.593. The van der Waals surface area contributed by atoms with E-state index in [4.69, 9.17) is 9.47 Å². The van der Waals surface area contributed by atoms with Crippen LogP contribution in [0, 0.1) is 0 Å². The van der Waals surface area contributed by atoms with Crippen molar-refractivity contribution >= 4 is 0 Å². The van der Waals surface area contributed by atoms with E-state index in [0.717, 1.165) is 0 Å². The molecule has 0 aromatic rings. The van der Waals surface area contributed by atoms with Crippen molar-refractivity contribution in [1.29, 1.82) is 0 Å². The molecule has 0 bridgehead atoms. The Kier molecular flexibility index (Phi) is 7.05. The number of rotatable bonds is 7. The predicted molar refractivity (Wildman–Crippen MR) is 50.1 cm³/mol. The van der Waals surface area contributed by atoms with Crippen LogP contribution in [0.4, 0.5) is 0 Å². The van der Waals surface area contributed by atoms with Crippen LogP contribution in [0.2, 0.25) is 0 Å². The minimum Gasteiger partial charge on any atom is -0.375 e. The van der Waals surface area contributed by atoms with Crippen LogP contribution in [0.3, 0.4) is 0 Å². The average molecular weight is 173 g/mol. The molecule has 0 fully saturated rings. The van der Waals surface area contributed by atoms with Crippen LogP contribution in [0.15, 0.2) is 12.7 Å². The Balaban J connectivity index is 3.13. The summed E-state index contributed by atoms with van der Waals surface area (Å²) in [5, 5.41) is 0. The molecule has 3 heteroatoms. The lowest BCUT2D eigenvalue weighted by molar-refractivity contribution is -0.0445. The van der Waals surface area contributed by atoms with E-state index >= 15 is 0 Å². The van der Waals surface area contributed by atoms with Crippen LogP contribution < -0.4 is 0 Å². The molecule has 0 rings (SSSR count). The standard InChI is InChI=1S/C9H19NO2/c1-5-6-11-7-8-12-9(2)10(3)4/h5,9H,1,6-8H2,2-4H3. The van der Waals surface area contributed by atoms with Crippen molar-refractivity contribution in [3.63, 3.8) is 0 Å². The summed E-state index contributed by atoms with van der Waals surface area (Å²) in [4.78, 5) is 2.01. The molecule has 0 aromatic carbocycles. The number of hydrogen-bond donors (Lipinski definition) is 0. The average Bonchev–Trinajstić information content (AvgIpc) is 2.03. The molecule has 0 amide bonds. The van der Waals surface area contributed by atoms with E-state index in [2.05, 4.69) is 6.58 Å². The summed E-state index contributed by atoms with van der Waals surface area (Å²) in [5.41, 5.74) is 0. The van der Waals surface area contributed by atoms with Crippen LogP contribution in [-0.2, 0) is 9.47 Å². The Morgan fingerprint density at radius 1 is 1.42 bits per heavy atom. The first-order valence-corrected chi connectivity index (χ1v) is 4.15. The minimum absolute atomic E-state index is 0.150. The van der Waals surface area contributed by atoms with Crippen molar-refractivity contribution in [2.75, 3.05) is 33.9 Å². The zero-order chi connectivity index (χ0) is 9.40. The summed E-state index contributed by atoms with van der Waals surface area (Å²) in [5.74, 6) is 0. The molecule has 0 saturated carbocycles. The third kappa shape index (κ3) is 6.34. The van der Waals surface area contributed by atoms with Gasteiger partial charge in [0.1, 0.15) is 6.23 Å². The summed E-state index contributed by atoms with van der Waals surface area (Å²) >= 11 is 0. The first-order valence-electron chi connectivity index (χ1n) is 4.15. The second-order valence-corrected chi connectivity index (χ2v) is 2.80. The van der Waals surface area contributed by atoms with Gasteiger partial charge >= 0.3 is 0 Å². The van der Waals surface area contributed by atoms with Crippen molar-refractivity contribution in [1.82, 2.24) is 4.90 Å². The summed E-state index contributed by atoms with van der Waals surface area (Å²) < 4.78 is 10.6. The minimum atomic E-state index is 0.150. The van der Waals surface area contributed by atoms with Crippen LogP contribution in [-0.4, -0.2) is 45.0 Å². The molecule has 1 unspecified atom stereocenters. The molecule has 0 aromatic heterocycles. The van der Waals surface area contributed by atoms with Gasteiger partial charge in [0, 0.05) is 0 Å². The molecule has 0 aliphatic heterocycles. The van der Waals surface area contributed by atoms with E-state index in [1.807, 2.05) is 25.9 Å². The highest BCUT2D eigenvalue weighted by atomic mass is 16.5. The topological polar surface area (TPSA) is 21.7 Å². The first-order chi connectivity index (χ1) is 5.68. The molecule has 12 heavy (non-hydrogen) atoms. The van der Waals surface area contributed by atoms with E-state index in [0.29, 0.717) is 19.8 Å². The van der Waals surface area contributed by atoms with Gasteiger partial charge < -0.3 is 9.47 Å². The largest absolute Gasteiger partial charge is 0.375 e. The van der Waals surface area contributed by atoms with Gasteiger partial charge in [0.25, 0.3) is 0 Å². The highest BCUT2D eigenvalue weighted by Gasteiger charge is 2.02. The Bertz CT molecular complexity index is 115. The van der Waals surface area contributed by atoms with Gasteiger partial charge in [-0.1, -0.05) is 6.08 Å². The van der Waals surface area contributed by atoms with E-state index in [-0.39, 0.29) is 6.23 Å². The maximum absolute atomic E-state index is 5.42. The van der Waals surface area contributed by atoms with Crippen LogP contribution in [0.5, 0.6) is 0 Å². The lowest BCUT2D eigenvalue weighted by atomic mass is 10.6. The van der Waals surface area contributed by atoms with Crippen LogP contribution in [0.1, 0.15) is 6.92 Å². The molecule has 0 radical (unpaired) electrons. The molecule has 3 nitrogen and oxygen atoms in total. The summed E-state index contributed by atoms with van der Waals surface area (Å²) in [6.45, 7) is 7.41. The number of ether oxygens (including phenoxy) is 2. The molecular weight excluding hydrogens is 154 g/mol. The lowest BCUT2D eigenvalue weighted by Crippen LogP contribution is -2.28. The molecule has 72 valence electrons. The first kappa shape index (κ1) is 11.6. The van der Waals surface area contributed by atoms with Gasteiger partial charge in [0.2, 0.25) is 0 Å². The lowest BCUT2D eigenvalue weighted by Gasteiger charge is -2.19. The molecule has 0 spiro atoms. The van der Waals surface area contributed by atoms with Gasteiger partial charge in [0.05, 0.1) is 19.8 Å². The third-order valence-corrected chi connectivity index (χ3v) is 1.55. The Morgan fingerprint density at radius 3 is 2.58 bits per heavy atom. The highest BCUT2D eigenvalue weighted by molar-refractivity contribution is 4.63. The zero-order valence-corrected chi connectivity index (χ0v) is 8.25. The summed E-state index contributed by atoms with van der Waals surface area (Å²) in [6, 6.07) is 0. The van der Waals surface area contributed by atoms with Gasteiger partial charge in [-0.2, -0.15) is 0 Å². The molecule has 0 aliphatic rings. The second kappa shape index (κ2) is 7.28. The van der Waals surface area contributed by atoms with Gasteiger partial charge in [-0.3, -0.25) is 4.90 Å². The molecule has 0 heterocycles. The molecular formula is C9H19NO2. The Hall–Kier alpha value is -0.380. The fraction of sp³-hybridized carbons (Fsp3) is 0.778. The quantitative estimate of drug-likeness (QED) is 0.327. The number of hydrogen-bond acceptors (Lipinski definition) is 3. The van der Waals surface area contributed by atoms with Crippen molar-refractivity contribution in [2.24, 2.45) is 0 Å². The molecule has 1 atom stereocenters. The monoisotopic (exact) mass is 173 g/mol. The van der Waals surface area contributed by atoms with Crippen molar-refractivity contribution < 1.29 is 9.47 Å². The van der Waals surface area contributed by atoms with Gasteiger partial charge in [-0.25, -0.2) is 0 Å². The van der Waals surface area contributed by atoms with Gasteiger partial charge in [0.15, 0.2) is 0 Å². The highest BCUT2D eigenvalue weighted by Crippen LogP contribution is 1.93. The van der Waals surface area contributed by atoms with Crippen molar-refractivity contribution in [3.05, 3.63) is 12.7 Å². The zero-order valence-electron chi connectivity index (χ0n) is 8.25. The van der Waals surface area contributed by atoms with Crippen molar-refractivity contribution in [3.8, 4) is 0 Å². The Labute approximate surface area is 75.0 Å². The Morgan fingerprint density at radius 2 is 2.08 bits per heavy atom. The second-order valence-electron chi connectivity index (χ2n) is 2.80. The summed E-state index contributed by atoms with van der Waals surface area (Å²) in [6.07, 6.45) is 1.88. The van der Waals surface area contributed by atoms with E-state index < -0.39 is 0 Å². The van der Waals surface area contributed by atoms with E-state index in [9.17, 15) is 0 Å². The maximum atomic E-state index is 5.42. The van der Waals surface area contributed by atoms with Gasteiger partial charge in [-0.05, 0) is 21.0 Å². The molecule has 0 aliphatic carbocycles. The molecule has 0 saturated heterocycles. The van der Waals surface area contributed by atoms with E-state index in [1.165, 1.54) is 0 Å². The van der Waals surface area contributed by atoms with Crippen molar-refractivity contribution in [2.45, 2.75) is 13.2 Å². The fourth-order valence-electron chi connectivity index (χ4n) is 0.593. The predicted octanol–water partition coefficient (Wildman–Crippen LogP) is 1.11. The summed E-state index contributed by atoms with van der Waals surface area (Å²) in [7, 11) is 3.96. The number of nitrogens with zero attached hydrogens (tertiary/aromatic N) is 1. The van der Waals surface area contributed by atoms with Crippen LogP contribution in [0.25, 0.3) is 0 Å². The smallest absolute Gasteiger partial charge is 0.107 e. The SMILES string of the molecule is C=CCOCCOC(C)N(C)C.